The number of aromatic nitrogens is 3. The Kier molecular flexibility index (Phi) is 5.22. The normalized spacial score (nSPS) is 19.0. The van der Waals surface area contributed by atoms with E-state index in [1.807, 2.05) is 91.0 Å². The van der Waals surface area contributed by atoms with Crippen molar-refractivity contribution in [2.75, 3.05) is 0 Å². The molecule has 0 radical (unpaired) electrons. The molecule has 2 aliphatic rings. The van der Waals surface area contributed by atoms with Crippen molar-refractivity contribution in [3.63, 3.8) is 0 Å². The predicted molar refractivity (Wildman–Crippen MR) is 224 cm³/mol. The number of nitrogens with zero attached hydrogens (tertiary/aromatic N) is 3. The van der Waals surface area contributed by atoms with E-state index in [9.17, 15) is 9.60 Å². The highest BCUT2D eigenvalue weighted by Crippen LogP contribution is 2.56. The van der Waals surface area contributed by atoms with Gasteiger partial charge in [0, 0.05) is 38.4 Å². The molecule has 1 saturated carbocycles. The quantitative estimate of drug-likeness (QED) is 0.178. The zero-order valence-electron chi connectivity index (χ0n) is 40.4. The fourth-order valence-corrected chi connectivity index (χ4v) is 7.85. The molecule has 1 spiro atoms. The molecule has 0 bridgehead atoms. The highest BCUT2D eigenvalue weighted by molar-refractivity contribution is 6.07. The molecule has 4 nitrogen and oxygen atoms in total. The van der Waals surface area contributed by atoms with Crippen LogP contribution in [0.3, 0.4) is 0 Å². The Balaban J connectivity index is 1.05. The molecule has 0 unspecified atom stereocenters. The van der Waals surface area contributed by atoms with Gasteiger partial charge < -0.3 is 4.42 Å². The van der Waals surface area contributed by atoms with E-state index in [0.717, 1.165) is 33.0 Å². The average molecular weight is 719 g/mol. The molecule has 0 N–H and O–H groups in total. The third-order valence-corrected chi connectivity index (χ3v) is 10.6. The molecule has 2 heterocycles. The summed E-state index contributed by atoms with van der Waals surface area (Å²) in [7, 11) is 0. The SMILES string of the molecule is [2H]c1c([2H])c([2H])c2c(c1[2H])-c1c([2H])c([2H])c(-c3ccc4c(c3)oc3cc(-c5nc(-c6ccccc6)nc(-c6ccc(-c7ccccc7)cc6)n5)ccc34)c([2H])c1C21C([2H])([2H])CCCC1([2H])[2H]. The fraction of sp³-hybridized carbons (Fsp3) is 0.118. The van der Waals surface area contributed by atoms with Gasteiger partial charge in [0.25, 0.3) is 0 Å². The van der Waals surface area contributed by atoms with Crippen LogP contribution in [0, 0.1) is 0 Å². The van der Waals surface area contributed by atoms with Crippen molar-refractivity contribution >= 4 is 21.9 Å². The summed E-state index contributed by atoms with van der Waals surface area (Å²) in [5.41, 5.74) is 2.23. The minimum atomic E-state index is -2.44. The third-order valence-electron chi connectivity index (χ3n) is 10.6. The second-order valence-corrected chi connectivity index (χ2v) is 13.8. The van der Waals surface area contributed by atoms with Crippen molar-refractivity contribution in [1.82, 2.24) is 15.0 Å². The molecule has 0 amide bonds. The molecule has 0 saturated heterocycles. The maximum Gasteiger partial charge on any atom is 0.164 e. The number of furan rings is 1. The van der Waals surface area contributed by atoms with Gasteiger partial charge in [0.1, 0.15) is 11.2 Å². The Hall–Kier alpha value is -6.65. The first-order valence-electron chi connectivity index (χ1n) is 23.8. The van der Waals surface area contributed by atoms with Crippen LogP contribution in [0.4, 0.5) is 0 Å². The lowest BCUT2D eigenvalue weighted by Gasteiger charge is -2.36. The Morgan fingerprint density at radius 2 is 1.00 bits per heavy atom. The molecular weight excluding hydrogens is 671 g/mol. The van der Waals surface area contributed by atoms with Crippen LogP contribution in [-0.4, -0.2) is 15.0 Å². The maximum atomic E-state index is 9.79. The number of rotatable bonds is 5. The van der Waals surface area contributed by atoms with E-state index in [0.29, 0.717) is 39.8 Å². The zero-order valence-corrected chi connectivity index (χ0v) is 29.4. The summed E-state index contributed by atoms with van der Waals surface area (Å²) in [6.45, 7) is 0. The van der Waals surface area contributed by atoms with Crippen LogP contribution in [0.2, 0.25) is 0 Å². The first kappa shape index (κ1) is 22.5. The molecule has 55 heavy (non-hydrogen) atoms. The topological polar surface area (TPSA) is 51.8 Å². The number of hydrogen-bond donors (Lipinski definition) is 0. The lowest BCUT2D eigenvalue weighted by molar-refractivity contribution is 0.353. The summed E-state index contributed by atoms with van der Waals surface area (Å²) in [6, 6.07) is 34.8. The first-order valence-corrected chi connectivity index (χ1v) is 18.3. The van der Waals surface area contributed by atoms with E-state index < -0.39 is 60.5 Å². The highest BCUT2D eigenvalue weighted by atomic mass is 16.3. The van der Waals surface area contributed by atoms with Gasteiger partial charge in [-0.1, -0.05) is 153 Å². The van der Waals surface area contributed by atoms with Crippen molar-refractivity contribution < 1.29 is 19.5 Å². The molecule has 2 aliphatic carbocycles. The van der Waals surface area contributed by atoms with Gasteiger partial charge in [-0.25, -0.2) is 15.0 Å². The average Bonchev–Trinajstić information content (AvgIpc) is 3.87. The van der Waals surface area contributed by atoms with Gasteiger partial charge in [0.05, 0.1) is 9.60 Å². The molecule has 7 aromatic carbocycles. The largest absolute Gasteiger partial charge is 0.456 e. The molecule has 2 aromatic heterocycles. The summed E-state index contributed by atoms with van der Waals surface area (Å²) in [5.74, 6) is 1.41. The summed E-state index contributed by atoms with van der Waals surface area (Å²) >= 11 is 0. The lowest BCUT2D eigenvalue weighted by atomic mass is 9.67. The van der Waals surface area contributed by atoms with Crippen LogP contribution in [0.25, 0.3) is 89.5 Å². The number of hydrogen-bond acceptors (Lipinski definition) is 4. The van der Waals surface area contributed by atoms with E-state index >= 15 is 0 Å². The van der Waals surface area contributed by atoms with Gasteiger partial charge in [0.15, 0.2) is 17.5 Å². The van der Waals surface area contributed by atoms with E-state index in [4.69, 9.17) is 24.9 Å². The summed E-state index contributed by atoms with van der Waals surface area (Å²) < 4.78 is 108. The summed E-state index contributed by atoms with van der Waals surface area (Å²) in [6.07, 6.45) is -5.01. The minimum Gasteiger partial charge on any atom is -0.456 e. The third kappa shape index (κ3) is 5.32. The Bertz CT molecular complexity index is 3470. The first-order chi connectivity index (χ1) is 31.6. The van der Waals surface area contributed by atoms with Gasteiger partial charge in [0.2, 0.25) is 0 Å². The van der Waals surface area contributed by atoms with Crippen molar-refractivity contribution in [2.45, 2.75) is 37.4 Å². The molecule has 11 rings (SSSR count). The van der Waals surface area contributed by atoms with Gasteiger partial charge >= 0.3 is 0 Å². The molecule has 0 aliphatic heterocycles. The van der Waals surface area contributed by atoms with Crippen LogP contribution in [0.1, 0.15) is 58.2 Å². The summed E-state index contributed by atoms with van der Waals surface area (Å²) in [5, 5.41) is 1.49. The Morgan fingerprint density at radius 1 is 0.473 bits per heavy atom. The van der Waals surface area contributed by atoms with Crippen molar-refractivity contribution in [3.8, 4) is 67.5 Å². The second kappa shape index (κ2) is 12.7. The van der Waals surface area contributed by atoms with Crippen molar-refractivity contribution in [2.24, 2.45) is 0 Å². The van der Waals surface area contributed by atoms with E-state index in [2.05, 4.69) is 12.1 Å². The van der Waals surface area contributed by atoms with Crippen LogP contribution >= 0.6 is 0 Å². The van der Waals surface area contributed by atoms with E-state index in [-0.39, 0.29) is 47.1 Å². The van der Waals surface area contributed by atoms with Crippen LogP contribution in [0.5, 0.6) is 0 Å². The van der Waals surface area contributed by atoms with E-state index in [1.54, 1.807) is 18.2 Å². The van der Waals surface area contributed by atoms with Gasteiger partial charge in [-0.05, 0) is 87.6 Å². The summed E-state index contributed by atoms with van der Waals surface area (Å²) in [4.78, 5) is 14.7. The highest BCUT2D eigenvalue weighted by Gasteiger charge is 2.43. The maximum absolute atomic E-state index is 9.79. The van der Waals surface area contributed by atoms with Crippen LogP contribution < -0.4 is 0 Å². The predicted octanol–water partition coefficient (Wildman–Crippen LogP) is 13.3. The fourth-order valence-electron chi connectivity index (χ4n) is 7.85. The monoisotopic (exact) mass is 718 g/mol. The van der Waals surface area contributed by atoms with Crippen molar-refractivity contribution in [1.29, 1.82) is 0 Å². The molecule has 1 fully saturated rings. The van der Waals surface area contributed by atoms with Crippen LogP contribution in [-0.2, 0) is 5.41 Å². The number of benzene rings is 7. The van der Waals surface area contributed by atoms with Crippen molar-refractivity contribution in [3.05, 3.63) is 175 Å². The molecule has 9 aromatic rings. The molecule has 4 heteroatoms. The van der Waals surface area contributed by atoms with E-state index in [1.165, 1.54) is 0 Å². The zero-order chi connectivity index (χ0) is 46.0. The Morgan fingerprint density at radius 3 is 1.71 bits per heavy atom. The molecule has 0 atom stereocenters. The standard InChI is InChI=1S/C51H37N3O/c1-4-12-33(13-5-1)34-18-20-36(21-19-34)49-52-48(35-14-6-2-7-15-35)53-50(54-49)39-24-27-43-42-26-23-38(31-46(42)55-47(43)32-39)37-22-25-41-40-16-8-9-17-44(40)51(45(41)30-37)28-10-3-11-29-51/h1-2,4-9,12-27,30-32H,3,10-11,28-29H2/i8D,9D,16D,17D,22D,25D,28D2,29D2,30D. The minimum absolute atomic E-state index is 0.0654. The second-order valence-electron chi connectivity index (χ2n) is 13.8. The van der Waals surface area contributed by atoms with Gasteiger partial charge in [-0.2, -0.15) is 0 Å². The lowest BCUT2D eigenvalue weighted by Crippen LogP contribution is -2.28. The smallest absolute Gasteiger partial charge is 0.164 e. The van der Waals surface area contributed by atoms with Gasteiger partial charge in [-0.3, -0.25) is 0 Å². The van der Waals surface area contributed by atoms with Gasteiger partial charge in [-0.15, -0.1) is 0 Å². The molecule has 262 valence electrons. The van der Waals surface area contributed by atoms with Crippen LogP contribution in [0.15, 0.2) is 168 Å². The molecular formula is C51H37N3O. The Labute approximate surface area is 335 Å². The number of fused-ring (bicyclic) bond motifs is 8.